The second kappa shape index (κ2) is 67.3. The topological polar surface area (TPSA) is 237 Å². The van der Waals surface area contributed by atoms with E-state index in [4.69, 9.17) is 37.0 Å². The Bertz CT molecular complexity index is 1790. The molecule has 0 fully saturated rings. The van der Waals surface area contributed by atoms with Crippen LogP contribution in [-0.2, 0) is 65.4 Å². The number of phosphoric acid groups is 2. The van der Waals surface area contributed by atoms with E-state index in [9.17, 15) is 43.2 Å². The molecular weight excluding hydrogens is 1220 g/mol. The molecule has 552 valence electrons. The largest absolute Gasteiger partial charge is 0.472 e. The van der Waals surface area contributed by atoms with E-state index in [0.29, 0.717) is 25.7 Å². The molecule has 0 heterocycles. The molecule has 0 aromatic carbocycles. The Morgan fingerprint density at radius 3 is 0.731 bits per heavy atom. The summed E-state index contributed by atoms with van der Waals surface area (Å²) in [6.45, 7) is 7.23. The van der Waals surface area contributed by atoms with Crippen molar-refractivity contribution in [3.8, 4) is 0 Å². The van der Waals surface area contributed by atoms with Crippen LogP contribution in [-0.4, -0.2) is 96.7 Å². The number of rotatable bonds is 74. The molecule has 0 radical (unpaired) electrons. The van der Waals surface area contributed by atoms with Crippen LogP contribution in [0.1, 0.15) is 388 Å². The average molecular weight is 1370 g/mol. The monoisotopic (exact) mass is 1370 g/mol. The maximum absolute atomic E-state index is 13.1. The van der Waals surface area contributed by atoms with Crippen molar-refractivity contribution in [2.24, 2.45) is 5.92 Å². The lowest BCUT2D eigenvalue weighted by molar-refractivity contribution is -0.161. The van der Waals surface area contributed by atoms with Crippen molar-refractivity contribution in [2.75, 3.05) is 39.6 Å². The molecule has 0 bridgehead atoms. The average Bonchev–Trinajstić information content (AvgIpc) is 1.93. The van der Waals surface area contributed by atoms with E-state index in [1.807, 2.05) is 0 Å². The quantitative estimate of drug-likeness (QED) is 0.0222. The van der Waals surface area contributed by atoms with E-state index < -0.39 is 97.5 Å². The number of unbranched alkanes of at least 4 members (excludes halogenated alkanes) is 46. The standard InChI is InChI=1S/C74H144O17P2/c1-6-9-12-15-18-20-21-22-23-24-25-26-27-30-34-37-40-45-50-55-60-74(79)91-70(64-85-72(77)58-53-48-44-39-36-33-31-28-29-32-35-38-42-46-51-56-67(4)5)66-89-93(82,83)87-62-68(75)61-86-92(80,81)88-65-69(63-84-71(76)57-52-47-41-17-14-11-8-3)90-73(78)59-54-49-43-19-16-13-10-7-2/h67-70,75H,6-66H2,1-5H3,(H,80,81)(H,82,83)/t68-,69+,70+/m0/s1. The zero-order valence-corrected chi connectivity index (χ0v) is 62.2. The van der Waals surface area contributed by atoms with Gasteiger partial charge in [0.1, 0.15) is 19.3 Å². The minimum absolute atomic E-state index is 0.105. The van der Waals surface area contributed by atoms with Crippen molar-refractivity contribution in [3.05, 3.63) is 0 Å². The summed E-state index contributed by atoms with van der Waals surface area (Å²) in [6.07, 6.45) is 55.9. The zero-order chi connectivity index (χ0) is 68.4. The molecule has 0 rings (SSSR count). The Morgan fingerprint density at radius 2 is 0.495 bits per heavy atom. The van der Waals surface area contributed by atoms with Crippen molar-refractivity contribution in [1.82, 2.24) is 0 Å². The molecule has 17 nitrogen and oxygen atoms in total. The molecule has 0 aliphatic rings. The van der Waals surface area contributed by atoms with E-state index in [2.05, 4.69) is 34.6 Å². The lowest BCUT2D eigenvalue weighted by Crippen LogP contribution is -2.30. The van der Waals surface area contributed by atoms with Crippen LogP contribution in [0.4, 0.5) is 0 Å². The van der Waals surface area contributed by atoms with Gasteiger partial charge in [0.15, 0.2) is 12.2 Å². The summed E-state index contributed by atoms with van der Waals surface area (Å²) in [5.41, 5.74) is 0. The van der Waals surface area contributed by atoms with Gasteiger partial charge in [0, 0.05) is 25.7 Å². The summed E-state index contributed by atoms with van der Waals surface area (Å²) in [4.78, 5) is 72.4. The maximum atomic E-state index is 13.1. The lowest BCUT2D eigenvalue weighted by atomic mass is 10.0. The molecule has 5 atom stereocenters. The first-order valence-electron chi connectivity index (χ1n) is 38.6. The molecule has 0 aliphatic heterocycles. The van der Waals surface area contributed by atoms with E-state index in [-0.39, 0.29) is 25.7 Å². The van der Waals surface area contributed by atoms with Crippen LogP contribution in [0.5, 0.6) is 0 Å². The summed E-state index contributed by atoms with van der Waals surface area (Å²) in [5.74, 6) is -1.32. The smallest absolute Gasteiger partial charge is 0.462 e. The van der Waals surface area contributed by atoms with Crippen molar-refractivity contribution in [3.63, 3.8) is 0 Å². The summed E-state index contributed by atoms with van der Waals surface area (Å²) in [7, 11) is -9.89. The first kappa shape index (κ1) is 91.1. The highest BCUT2D eigenvalue weighted by Gasteiger charge is 2.30. The van der Waals surface area contributed by atoms with Crippen LogP contribution in [0.25, 0.3) is 0 Å². The fourth-order valence-corrected chi connectivity index (χ4v) is 12.9. The molecule has 3 N–H and O–H groups in total. The van der Waals surface area contributed by atoms with Gasteiger partial charge in [-0.05, 0) is 31.6 Å². The number of phosphoric ester groups is 2. The van der Waals surface area contributed by atoms with Crippen LogP contribution >= 0.6 is 15.6 Å². The number of hydrogen-bond donors (Lipinski definition) is 3. The molecule has 0 saturated carbocycles. The lowest BCUT2D eigenvalue weighted by Gasteiger charge is -2.21. The molecule has 19 heteroatoms. The van der Waals surface area contributed by atoms with Crippen LogP contribution in [0.15, 0.2) is 0 Å². The Kier molecular flexibility index (Phi) is 65.9. The molecule has 93 heavy (non-hydrogen) atoms. The number of carbonyl (C=O) groups excluding carboxylic acids is 4. The molecule has 0 saturated heterocycles. The third-order valence-electron chi connectivity index (χ3n) is 17.3. The van der Waals surface area contributed by atoms with Gasteiger partial charge in [-0.2, -0.15) is 0 Å². The summed E-state index contributed by atoms with van der Waals surface area (Å²) >= 11 is 0. The third kappa shape index (κ3) is 68.4. The molecular formula is C74H144O17P2. The molecule has 0 spiro atoms. The van der Waals surface area contributed by atoms with Gasteiger partial charge in [0.05, 0.1) is 26.4 Å². The molecule has 0 aliphatic carbocycles. The highest BCUT2D eigenvalue weighted by Crippen LogP contribution is 2.45. The van der Waals surface area contributed by atoms with Gasteiger partial charge < -0.3 is 33.8 Å². The third-order valence-corrected chi connectivity index (χ3v) is 19.2. The number of aliphatic hydroxyl groups is 1. The van der Waals surface area contributed by atoms with Crippen molar-refractivity contribution >= 4 is 39.5 Å². The predicted octanol–water partition coefficient (Wildman–Crippen LogP) is 21.7. The predicted molar refractivity (Wildman–Crippen MR) is 377 cm³/mol. The van der Waals surface area contributed by atoms with E-state index >= 15 is 0 Å². The Labute approximate surface area is 568 Å². The van der Waals surface area contributed by atoms with E-state index in [1.165, 1.54) is 193 Å². The number of aliphatic hydroxyl groups excluding tert-OH is 1. The summed E-state index contributed by atoms with van der Waals surface area (Å²) in [6, 6.07) is 0. The molecule has 0 amide bonds. The number of hydrogen-bond acceptors (Lipinski definition) is 15. The summed E-state index contributed by atoms with van der Waals surface area (Å²) in [5, 5.41) is 10.6. The minimum Gasteiger partial charge on any atom is -0.462 e. The number of carbonyl (C=O) groups is 4. The normalized spacial score (nSPS) is 14.0. The van der Waals surface area contributed by atoms with Crippen molar-refractivity contribution in [2.45, 2.75) is 406 Å². The Balaban J connectivity index is 5.13. The number of ether oxygens (including phenoxy) is 4. The van der Waals surface area contributed by atoms with Crippen molar-refractivity contribution < 1.29 is 80.2 Å². The van der Waals surface area contributed by atoms with Crippen molar-refractivity contribution in [1.29, 1.82) is 0 Å². The second-order valence-corrected chi connectivity index (χ2v) is 30.1. The van der Waals surface area contributed by atoms with Gasteiger partial charge in [-0.25, -0.2) is 9.13 Å². The molecule has 0 aromatic rings. The highest BCUT2D eigenvalue weighted by atomic mass is 31.2. The van der Waals surface area contributed by atoms with Crippen LogP contribution in [0.3, 0.4) is 0 Å². The van der Waals surface area contributed by atoms with Crippen LogP contribution in [0, 0.1) is 5.92 Å². The molecule has 0 aromatic heterocycles. The van der Waals surface area contributed by atoms with Gasteiger partial charge in [-0.1, -0.05) is 336 Å². The first-order chi connectivity index (χ1) is 45.0. The number of esters is 4. The van der Waals surface area contributed by atoms with Crippen LogP contribution < -0.4 is 0 Å². The fourth-order valence-electron chi connectivity index (χ4n) is 11.4. The van der Waals surface area contributed by atoms with Gasteiger partial charge >= 0.3 is 39.5 Å². The second-order valence-electron chi connectivity index (χ2n) is 27.2. The summed E-state index contributed by atoms with van der Waals surface area (Å²) < 4.78 is 68.2. The van der Waals surface area contributed by atoms with Gasteiger partial charge in [-0.3, -0.25) is 37.3 Å². The Hall–Kier alpha value is -1.94. The fraction of sp³-hybridized carbons (Fsp3) is 0.946. The zero-order valence-electron chi connectivity index (χ0n) is 60.4. The van der Waals surface area contributed by atoms with Gasteiger partial charge in [-0.15, -0.1) is 0 Å². The molecule has 2 unspecified atom stereocenters. The Morgan fingerprint density at radius 1 is 0.290 bits per heavy atom. The van der Waals surface area contributed by atoms with E-state index in [1.54, 1.807) is 0 Å². The maximum Gasteiger partial charge on any atom is 0.472 e. The van der Waals surface area contributed by atoms with Crippen LogP contribution in [0.2, 0.25) is 0 Å². The first-order valence-corrected chi connectivity index (χ1v) is 41.6. The van der Waals surface area contributed by atoms with E-state index in [0.717, 1.165) is 115 Å². The van der Waals surface area contributed by atoms with Gasteiger partial charge in [0.25, 0.3) is 0 Å². The SMILES string of the molecule is CCCCCCCCCCCCCCCCCCCCCCC(=O)O[C@H](COC(=O)CCCCCCCCCCCCCCCCCC(C)C)COP(=O)(O)OC[C@@H](O)COP(=O)(O)OC[C@@H](COC(=O)CCCCCCCCC)OC(=O)CCCCCCCCCC. The minimum atomic E-state index is -4.95. The highest BCUT2D eigenvalue weighted by molar-refractivity contribution is 7.47. The van der Waals surface area contributed by atoms with Gasteiger partial charge in [0.2, 0.25) is 0 Å².